The van der Waals surface area contributed by atoms with Crippen molar-refractivity contribution in [3.8, 4) is 5.75 Å². The Hall–Kier alpha value is -2.04. The van der Waals surface area contributed by atoms with Gasteiger partial charge < -0.3 is 15.0 Å². The summed E-state index contributed by atoms with van der Waals surface area (Å²) in [5, 5.41) is 3.21. The summed E-state index contributed by atoms with van der Waals surface area (Å²) >= 11 is 0. The van der Waals surface area contributed by atoms with E-state index in [1.165, 1.54) is 32.1 Å². The highest BCUT2D eigenvalue weighted by atomic mass is 16.5. The Labute approximate surface area is 156 Å². The molecule has 0 spiro atoms. The lowest BCUT2D eigenvalue weighted by Gasteiger charge is -2.23. The predicted molar refractivity (Wildman–Crippen MR) is 102 cm³/mol. The molecule has 2 aliphatic rings. The SMILES string of the molecule is CCOc1ccc(N2CC(C(=O)NC3CCCCCCC3)CC2=O)cc1. The molecule has 142 valence electrons. The van der Waals surface area contributed by atoms with Gasteiger partial charge >= 0.3 is 0 Å². The minimum atomic E-state index is -0.250. The van der Waals surface area contributed by atoms with Crippen molar-refractivity contribution in [2.75, 3.05) is 18.1 Å². The molecule has 2 amide bonds. The second-order valence-corrected chi connectivity index (χ2v) is 7.38. The van der Waals surface area contributed by atoms with Crippen LogP contribution in [0, 0.1) is 5.92 Å². The Balaban J connectivity index is 1.56. The van der Waals surface area contributed by atoms with Crippen molar-refractivity contribution in [3.05, 3.63) is 24.3 Å². The van der Waals surface area contributed by atoms with E-state index in [9.17, 15) is 9.59 Å². The number of nitrogens with zero attached hydrogens (tertiary/aromatic N) is 1. The van der Waals surface area contributed by atoms with E-state index in [0.717, 1.165) is 24.3 Å². The number of hydrogen-bond donors (Lipinski definition) is 1. The lowest BCUT2D eigenvalue weighted by Crippen LogP contribution is -2.40. The molecule has 1 aromatic rings. The van der Waals surface area contributed by atoms with Crippen molar-refractivity contribution in [3.63, 3.8) is 0 Å². The van der Waals surface area contributed by atoms with Crippen LogP contribution in [-0.4, -0.2) is 31.0 Å². The molecule has 2 fully saturated rings. The van der Waals surface area contributed by atoms with Crippen LogP contribution in [0.25, 0.3) is 0 Å². The number of amides is 2. The topological polar surface area (TPSA) is 58.6 Å². The highest BCUT2D eigenvalue weighted by molar-refractivity contribution is 6.00. The zero-order valence-electron chi connectivity index (χ0n) is 15.7. The Bertz CT molecular complexity index is 606. The van der Waals surface area contributed by atoms with Crippen molar-refractivity contribution >= 4 is 17.5 Å². The van der Waals surface area contributed by atoms with E-state index in [1.54, 1.807) is 4.90 Å². The summed E-state index contributed by atoms with van der Waals surface area (Å²) in [6, 6.07) is 7.79. The number of hydrogen-bond acceptors (Lipinski definition) is 3. The van der Waals surface area contributed by atoms with E-state index in [1.807, 2.05) is 31.2 Å². The molecule has 1 heterocycles. The second kappa shape index (κ2) is 9.06. The fraction of sp³-hybridized carbons (Fsp3) is 0.619. The fourth-order valence-electron chi connectivity index (χ4n) is 3.94. The summed E-state index contributed by atoms with van der Waals surface area (Å²) in [6.45, 7) is 3.02. The van der Waals surface area contributed by atoms with Gasteiger partial charge in [0.05, 0.1) is 12.5 Å². The van der Waals surface area contributed by atoms with Crippen molar-refractivity contribution in [1.29, 1.82) is 0 Å². The highest BCUT2D eigenvalue weighted by Gasteiger charge is 2.35. The molecule has 26 heavy (non-hydrogen) atoms. The van der Waals surface area contributed by atoms with Crippen LogP contribution in [0.1, 0.15) is 58.3 Å². The zero-order valence-corrected chi connectivity index (χ0v) is 15.7. The van der Waals surface area contributed by atoms with Gasteiger partial charge in [0, 0.05) is 24.7 Å². The van der Waals surface area contributed by atoms with Crippen LogP contribution in [0.3, 0.4) is 0 Å². The number of nitrogens with one attached hydrogen (secondary N) is 1. The van der Waals surface area contributed by atoms with Gasteiger partial charge in [-0.25, -0.2) is 0 Å². The van der Waals surface area contributed by atoms with Crippen molar-refractivity contribution in [2.24, 2.45) is 5.92 Å². The lowest BCUT2D eigenvalue weighted by molar-refractivity contribution is -0.127. The quantitative estimate of drug-likeness (QED) is 0.874. The molecule has 1 aromatic carbocycles. The second-order valence-electron chi connectivity index (χ2n) is 7.38. The third-order valence-electron chi connectivity index (χ3n) is 5.41. The standard InChI is InChI=1S/C21H30N2O3/c1-2-26-19-12-10-18(11-13-19)23-15-16(14-20(23)24)21(25)22-17-8-6-4-3-5-7-9-17/h10-13,16-17H,2-9,14-15H2,1H3,(H,22,25). The molecule has 1 atom stereocenters. The van der Waals surface area contributed by atoms with Crippen molar-refractivity contribution in [2.45, 2.75) is 64.3 Å². The Morgan fingerprint density at radius 3 is 2.42 bits per heavy atom. The first kappa shape index (κ1) is 18.7. The Morgan fingerprint density at radius 1 is 1.12 bits per heavy atom. The van der Waals surface area contributed by atoms with Gasteiger partial charge in [-0.1, -0.05) is 32.1 Å². The normalized spacial score (nSPS) is 22.0. The molecule has 3 rings (SSSR count). The third kappa shape index (κ3) is 4.77. The smallest absolute Gasteiger partial charge is 0.227 e. The van der Waals surface area contributed by atoms with Gasteiger partial charge in [0.15, 0.2) is 0 Å². The molecule has 5 heteroatoms. The van der Waals surface area contributed by atoms with E-state index in [4.69, 9.17) is 4.74 Å². The highest BCUT2D eigenvalue weighted by Crippen LogP contribution is 2.27. The minimum Gasteiger partial charge on any atom is -0.494 e. The van der Waals surface area contributed by atoms with Gasteiger partial charge in [-0.2, -0.15) is 0 Å². The van der Waals surface area contributed by atoms with Crippen molar-refractivity contribution < 1.29 is 14.3 Å². The van der Waals surface area contributed by atoms with E-state index >= 15 is 0 Å². The van der Waals surface area contributed by atoms with Gasteiger partial charge in [0.2, 0.25) is 11.8 Å². The number of ether oxygens (including phenoxy) is 1. The number of anilines is 1. The van der Waals surface area contributed by atoms with E-state index in [0.29, 0.717) is 19.6 Å². The maximum Gasteiger partial charge on any atom is 0.227 e. The zero-order chi connectivity index (χ0) is 18.4. The van der Waals surface area contributed by atoms with Crippen LogP contribution >= 0.6 is 0 Å². The average Bonchev–Trinajstić information content (AvgIpc) is 3.00. The average molecular weight is 358 g/mol. The molecule has 1 aliphatic heterocycles. The fourth-order valence-corrected chi connectivity index (χ4v) is 3.94. The summed E-state index contributed by atoms with van der Waals surface area (Å²) in [4.78, 5) is 26.8. The number of carbonyl (C=O) groups is 2. The molecule has 1 saturated carbocycles. The van der Waals surface area contributed by atoms with Gasteiger partial charge in [0.25, 0.3) is 0 Å². The van der Waals surface area contributed by atoms with Crippen LogP contribution < -0.4 is 15.0 Å². The first-order chi connectivity index (χ1) is 12.7. The molecule has 0 bridgehead atoms. The van der Waals surface area contributed by atoms with Crippen LogP contribution in [0.5, 0.6) is 5.75 Å². The summed E-state index contributed by atoms with van der Waals surface area (Å²) in [5.74, 6) is 0.602. The molecule has 1 N–H and O–H groups in total. The molecule has 0 radical (unpaired) electrons. The lowest BCUT2D eigenvalue weighted by atomic mass is 9.96. The van der Waals surface area contributed by atoms with Crippen molar-refractivity contribution in [1.82, 2.24) is 5.32 Å². The van der Waals surface area contributed by atoms with Gasteiger partial charge in [-0.05, 0) is 44.0 Å². The molecule has 1 aliphatic carbocycles. The van der Waals surface area contributed by atoms with E-state index < -0.39 is 0 Å². The maximum absolute atomic E-state index is 12.7. The van der Waals surface area contributed by atoms with Gasteiger partial charge in [0.1, 0.15) is 5.75 Å². The molecule has 1 saturated heterocycles. The predicted octanol–water partition coefficient (Wildman–Crippen LogP) is 3.67. The Morgan fingerprint density at radius 2 is 1.77 bits per heavy atom. The molecule has 1 unspecified atom stereocenters. The summed E-state index contributed by atoms with van der Waals surface area (Å²) in [5.41, 5.74) is 0.833. The first-order valence-electron chi connectivity index (χ1n) is 10.0. The number of carbonyl (C=O) groups excluding carboxylic acids is 2. The van der Waals surface area contributed by atoms with E-state index in [2.05, 4.69) is 5.32 Å². The number of benzene rings is 1. The van der Waals surface area contributed by atoms with E-state index in [-0.39, 0.29) is 23.8 Å². The van der Waals surface area contributed by atoms with Gasteiger partial charge in [-0.15, -0.1) is 0 Å². The largest absolute Gasteiger partial charge is 0.494 e. The summed E-state index contributed by atoms with van der Waals surface area (Å²) in [6.07, 6.45) is 8.64. The Kier molecular flexibility index (Phi) is 6.53. The summed E-state index contributed by atoms with van der Waals surface area (Å²) in [7, 11) is 0. The van der Waals surface area contributed by atoms with Crippen LogP contribution in [0.2, 0.25) is 0 Å². The number of rotatable bonds is 5. The monoisotopic (exact) mass is 358 g/mol. The van der Waals surface area contributed by atoms with Crippen LogP contribution in [-0.2, 0) is 9.59 Å². The molecular formula is C21H30N2O3. The third-order valence-corrected chi connectivity index (χ3v) is 5.41. The summed E-state index contributed by atoms with van der Waals surface area (Å²) < 4.78 is 5.45. The molecule has 5 nitrogen and oxygen atoms in total. The molecular weight excluding hydrogens is 328 g/mol. The maximum atomic E-state index is 12.7. The van der Waals surface area contributed by atoms with Gasteiger partial charge in [-0.3, -0.25) is 9.59 Å². The molecule has 0 aromatic heterocycles. The minimum absolute atomic E-state index is 0.0203. The van der Waals surface area contributed by atoms with Crippen LogP contribution in [0.15, 0.2) is 24.3 Å². The van der Waals surface area contributed by atoms with Crippen LogP contribution in [0.4, 0.5) is 5.69 Å². The first-order valence-corrected chi connectivity index (χ1v) is 10.0.